The first-order valence-corrected chi connectivity index (χ1v) is 5.79. The molecule has 1 rings (SSSR count). The highest BCUT2D eigenvalue weighted by molar-refractivity contribution is 5.85. The molecule has 0 aromatic heterocycles. The van der Waals surface area contributed by atoms with E-state index >= 15 is 0 Å². The molecular weight excluding hydrogens is 255 g/mol. The zero-order valence-electron chi connectivity index (χ0n) is 10.9. The van der Waals surface area contributed by atoms with Gasteiger partial charge in [-0.3, -0.25) is 4.79 Å². The summed E-state index contributed by atoms with van der Waals surface area (Å²) in [6, 6.07) is 6.23. The van der Waals surface area contributed by atoms with E-state index in [1.165, 1.54) is 12.1 Å². The first-order chi connectivity index (χ1) is 8.10. The summed E-state index contributed by atoms with van der Waals surface area (Å²) in [6.07, 6.45) is 0. The number of amides is 1. The highest BCUT2D eigenvalue weighted by atomic mass is 35.5. The van der Waals surface area contributed by atoms with Crippen LogP contribution in [-0.4, -0.2) is 30.9 Å². The van der Waals surface area contributed by atoms with Crippen LogP contribution in [0.1, 0.15) is 25.5 Å². The first kappa shape index (κ1) is 16.9. The Balaban J connectivity index is 0.00000289. The van der Waals surface area contributed by atoms with E-state index in [1.54, 1.807) is 24.1 Å². The SMILES string of the molecule is CCN(C(=O)CNC)C(C)c1ccc(F)cc1.Cl. The Morgan fingerprint density at radius 2 is 1.94 bits per heavy atom. The van der Waals surface area contributed by atoms with Crippen LogP contribution in [-0.2, 0) is 4.79 Å². The van der Waals surface area contributed by atoms with Crippen LogP contribution in [0.4, 0.5) is 4.39 Å². The molecule has 0 bridgehead atoms. The second kappa shape index (κ2) is 8.06. The second-order valence-corrected chi connectivity index (χ2v) is 3.94. The van der Waals surface area contributed by atoms with Crippen LogP contribution in [0.5, 0.6) is 0 Å². The Bertz CT molecular complexity index is 370. The molecule has 102 valence electrons. The highest BCUT2D eigenvalue weighted by Crippen LogP contribution is 2.20. The third-order valence-corrected chi connectivity index (χ3v) is 2.81. The van der Waals surface area contributed by atoms with Gasteiger partial charge in [-0.1, -0.05) is 12.1 Å². The Morgan fingerprint density at radius 1 is 1.39 bits per heavy atom. The Kier molecular flexibility index (Phi) is 7.55. The quantitative estimate of drug-likeness (QED) is 0.894. The normalized spacial score (nSPS) is 11.6. The molecule has 1 aromatic carbocycles. The van der Waals surface area contributed by atoms with Gasteiger partial charge in [-0.2, -0.15) is 0 Å². The fourth-order valence-corrected chi connectivity index (χ4v) is 1.84. The minimum absolute atomic E-state index is 0. The molecule has 5 heteroatoms. The fraction of sp³-hybridized carbons (Fsp3) is 0.462. The maximum absolute atomic E-state index is 12.8. The lowest BCUT2D eigenvalue weighted by atomic mass is 10.1. The molecule has 1 amide bonds. The molecule has 0 fully saturated rings. The number of rotatable bonds is 5. The van der Waals surface area contributed by atoms with E-state index in [0.29, 0.717) is 13.1 Å². The molecule has 3 nitrogen and oxygen atoms in total. The van der Waals surface area contributed by atoms with Gasteiger partial charge in [0.15, 0.2) is 0 Å². The Hall–Kier alpha value is -1.13. The van der Waals surface area contributed by atoms with E-state index in [1.807, 2.05) is 13.8 Å². The van der Waals surface area contributed by atoms with Gasteiger partial charge in [0, 0.05) is 6.54 Å². The monoisotopic (exact) mass is 274 g/mol. The summed E-state index contributed by atoms with van der Waals surface area (Å²) in [7, 11) is 1.74. The lowest BCUT2D eigenvalue weighted by molar-refractivity contribution is -0.132. The molecule has 0 aliphatic heterocycles. The molecule has 0 saturated heterocycles. The van der Waals surface area contributed by atoms with Crippen molar-refractivity contribution in [1.82, 2.24) is 10.2 Å². The van der Waals surface area contributed by atoms with Crippen LogP contribution in [0.2, 0.25) is 0 Å². The van der Waals surface area contributed by atoms with Crippen LogP contribution in [0.15, 0.2) is 24.3 Å². The van der Waals surface area contributed by atoms with Gasteiger partial charge in [-0.25, -0.2) is 4.39 Å². The molecule has 0 heterocycles. The van der Waals surface area contributed by atoms with Gasteiger partial charge >= 0.3 is 0 Å². The number of hydrogen-bond donors (Lipinski definition) is 1. The van der Waals surface area contributed by atoms with E-state index in [0.717, 1.165) is 5.56 Å². The first-order valence-electron chi connectivity index (χ1n) is 5.79. The topological polar surface area (TPSA) is 32.3 Å². The van der Waals surface area contributed by atoms with Crippen LogP contribution in [0.25, 0.3) is 0 Å². The summed E-state index contributed by atoms with van der Waals surface area (Å²) >= 11 is 0. The maximum Gasteiger partial charge on any atom is 0.237 e. The predicted octanol–water partition coefficient (Wildman–Crippen LogP) is 2.38. The molecule has 1 aromatic rings. The molecule has 1 unspecified atom stereocenters. The molecule has 0 radical (unpaired) electrons. The minimum Gasteiger partial charge on any atom is -0.335 e. The van der Waals surface area contributed by atoms with E-state index in [9.17, 15) is 9.18 Å². The largest absolute Gasteiger partial charge is 0.335 e. The molecule has 1 atom stereocenters. The summed E-state index contributed by atoms with van der Waals surface area (Å²) in [5, 5.41) is 2.85. The highest BCUT2D eigenvalue weighted by Gasteiger charge is 2.18. The Labute approximate surface area is 114 Å². The van der Waals surface area contributed by atoms with Crippen LogP contribution < -0.4 is 5.32 Å². The smallest absolute Gasteiger partial charge is 0.237 e. The van der Waals surface area contributed by atoms with E-state index in [4.69, 9.17) is 0 Å². The zero-order chi connectivity index (χ0) is 12.8. The minimum atomic E-state index is -0.259. The molecule has 0 saturated carbocycles. The van der Waals surface area contributed by atoms with Crippen molar-refractivity contribution in [2.45, 2.75) is 19.9 Å². The zero-order valence-corrected chi connectivity index (χ0v) is 11.8. The second-order valence-electron chi connectivity index (χ2n) is 3.94. The van der Waals surface area contributed by atoms with Crippen LogP contribution in [0.3, 0.4) is 0 Å². The van der Waals surface area contributed by atoms with Gasteiger partial charge in [0.1, 0.15) is 5.82 Å². The number of benzene rings is 1. The van der Waals surface area contributed by atoms with Crippen molar-refractivity contribution in [1.29, 1.82) is 0 Å². The summed E-state index contributed by atoms with van der Waals surface area (Å²) in [5.74, 6) is -0.211. The number of hydrogen-bond acceptors (Lipinski definition) is 2. The number of carbonyl (C=O) groups is 1. The lowest BCUT2D eigenvalue weighted by Crippen LogP contribution is -2.38. The number of likely N-dealkylation sites (N-methyl/N-ethyl adjacent to an activating group) is 2. The van der Waals surface area contributed by atoms with Crippen molar-refractivity contribution < 1.29 is 9.18 Å². The third kappa shape index (κ3) is 4.27. The molecule has 1 N–H and O–H groups in total. The maximum atomic E-state index is 12.8. The average Bonchev–Trinajstić information content (AvgIpc) is 2.31. The summed E-state index contributed by atoms with van der Waals surface area (Å²) < 4.78 is 12.8. The predicted molar refractivity (Wildman–Crippen MR) is 73.4 cm³/mol. The van der Waals surface area contributed by atoms with Crippen LogP contribution >= 0.6 is 12.4 Å². The van der Waals surface area contributed by atoms with Crippen LogP contribution in [0, 0.1) is 5.82 Å². The number of halogens is 2. The molecule has 0 spiro atoms. The average molecular weight is 275 g/mol. The van der Waals surface area contributed by atoms with Crippen molar-refractivity contribution in [3.8, 4) is 0 Å². The standard InChI is InChI=1S/C13H19FN2O.ClH/c1-4-16(13(17)9-15-3)10(2)11-5-7-12(14)8-6-11;/h5-8,10,15H,4,9H2,1-3H3;1H. The van der Waals surface area contributed by atoms with E-state index in [2.05, 4.69) is 5.32 Å². The lowest BCUT2D eigenvalue weighted by Gasteiger charge is -2.28. The van der Waals surface area contributed by atoms with Gasteiger partial charge in [0.05, 0.1) is 12.6 Å². The molecular formula is C13H20ClFN2O. The summed E-state index contributed by atoms with van der Waals surface area (Å²) in [4.78, 5) is 13.6. The third-order valence-electron chi connectivity index (χ3n) is 2.81. The number of nitrogens with zero attached hydrogens (tertiary/aromatic N) is 1. The number of nitrogens with one attached hydrogen (secondary N) is 1. The van der Waals surface area contributed by atoms with E-state index < -0.39 is 0 Å². The van der Waals surface area contributed by atoms with E-state index in [-0.39, 0.29) is 30.2 Å². The van der Waals surface area contributed by atoms with Gasteiger partial charge in [0.2, 0.25) is 5.91 Å². The van der Waals surface area contributed by atoms with Crippen molar-refractivity contribution in [2.24, 2.45) is 0 Å². The molecule has 18 heavy (non-hydrogen) atoms. The molecule has 0 aliphatic carbocycles. The van der Waals surface area contributed by atoms with Crippen molar-refractivity contribution >= 4 is 18.3 Å². The van der Waals surface area contributed by atoms with Crippen molar-refractivity contribution in [3.63, 3.8) is 0 Å². The van der Waals surface area contributed by atoms with Gasteiger partial charge in [-0.05, 0) is 38.6 Å². The van der Waals surface area contributed by atoms with Gasteiger partial charge in [0.25, 0.3) is 0 Å². The summed E-state index contributed by atoms with van der Waals surface area (Å²) in [6.45, 7) is 4.84. The van der Waals surface area contributed by atoms with Gasteiger partial charge in [-0.15, -0.1) is 12.4 Å². The Morgan fingerprint density at radius 3 is 2.39 bits per heavy atom. The summed E-state index contributed by atoms with van der Waals surface area (Å²) in [5.41, 5.74) is 0.942. The van der Waals surface area contributed by atoms with Crippen molar-refractivity contribution in [3.05, 3.63) is 35.6 Å². The molecule has 0 aliphatic rings. The van der Waals surface area contributed by atoms with Gasteiger partial charge < -0.3 is 10.2 Å². The fourth-order valence-electron chi connectivity index (χ4n) is 1.84. The number of carbonyl (C=O) groups excluding carboxylic acids is 1. The van der Waals surface area contributed by atoms with Crippen molar-refractivity contribution in [2.75, 3.05) is 20.1 Å².